The highest BCUT2D eigenvalue weighted by molar-refractivity contribution is 5.80. The van der Waals surface area contributed by atoms with Crippen LogP contribution < -0.4 is 5.32 Å². The maximum atomic E-state index is 3.50. The van der Waals surface area contributed by atoms with E-state index in [1.54, 1.807) is 0 Å². The zero-order valence-electron chi connectivity index (χ0n) is 8.09. The Bertz CT molecular complexity index is 405. The van der Waals surface area contributed by atoms with E-state index >= 15 is 0 Å². The molecular weight excluding hydrogens is 172 g/mol. The molecule has 2 N–H and O–H groups in total. The van der Waals surface area contributed by atoms with E-state index < -0.39 is 0 Å². The zero-order valence-corrected chi connectivity index (χ0v) is 8.09. The normalized spacial score (nSPS) is 21.9. The van der Waals surface area contributed by atoms with Gasteiger partial charge < -0.3 is 10.3 Å². The Morgan fingerprint density at radius 3 is 2.93 bits per heavy atom. The van der Waals surface area contributed by atoms with Crippen molar-refractivity contribution in [1.29, 1.82) is 0 Å². The molecule has 2 heteroatoms. The summed E-state index contributed by atoms with van der Waals surface area (Å²) in [5, 5.41) is 4.82. The maximum Gasteiger partial charge on any atom is 0.0473 e. The lowest BCUT2D eigenvalue weighted by Crippen LogP contribution is -2.12. The molecule has 1 saturated heterocycles. The molecule has 0 bridgehead atoms. The predicted molar refractivity (Wildman–Crippen MR) is 58.3 cm³/mol. The Morgan fingerprint density at radius 2 is 2.14 bits per heavy atom. The van der Waals surface area contributed by atoms with Gasteiger partial charge in [-0.15, -0.1) is 0 Å². The third kappa shape index (κ3) is 1.23. The lowest BCUT2D eigenvalue weighted by Gasteiger charge is -2.06. The molecule has 2 aromatic rings. The van der Waals surface area contributed by atoms with E-state index in [1.165, 1.54) is 29.4 Å². The summed E-state index contributed by atoms with van der Waals surface area (Å²) in [6, 6.07) is 11.3. The van der Waals surface area contributed by atoms with Crippen LogP contribution in [-0.2, 0) is 0 Å². The molecule has 1 aromatic heterocycles. The largest absolute Gasteiger partial charge is 0.357 e. The Balaban J connectivity index is 2.05. The molecule has 2 nitrogen and oxygen atoms in total. The molecule has 3 rings (SSSR count). The van der Waals surface area contributed by atoms with Gasteiger partial charge in [-0.3, -0.25) is 0 Å². The number of fused-ring (bicyclic) bond motifs is 1. The number of hydrogen-bond donors (Lipinski definition) is 2. The Kier molecular flexibility index (Phi) is 1.81. The van der Waals surface area contributed by atoms with Gasteiger partial charge >= 0.3 is 0 Å². The van der Waals surface area contributed by atoms with E-state index in [0.29, 0.717) is 6.04 Å². The monoisotopic (exact) mass is 186 g/mol. The van der Waals surface area contributed by atoms with Gasteiger partial charge in [0.2, 0.25) is 0 Å². The first-order valence-electron chi connectivity index (χ1n) is 5.24. The molecular formula is C12H14N2. The van der Waals surface area contributed by atoms with Gasteiger partial charge in [0.05, 0.1) is 0 Å². The smallest absolute Gasteiger partial charge is 0.0473 e. The van der Waals surface area contributed by atoms with Crippen LogP contribution >= 0.6 is 0 Å². The summed E-state index contributed by atoms with van der Waals surface area (Å²) in [7, 11) is 0. The summed E-state index contributed by atoms with van der Waals surface area (Å²) in [4.78, 5) is 3.48. The molecule has 0 amide bonds. The number of nitrogens with one attached hydrogen (secondary N) is 2. The van der Waals surface area contributed by atoms with Crippen molar-refractivity contribution in [2.45, 2.75) is 18.9 Å². The Labute approximate surface area is 83.3 Å². The minimum Gasteiger partial charge on any atom is -0.357 e. The summed E-state index contributed by atoms with van der Waals surface area (Å²) in [6.07, 6.45) is 2.55. The SMILES string of the molecule is c1ccc2[nH]c([C@H]3CCCN3)cc2c1. The van der Waals surface area contributed by atoms with E-state index in [-0.39, 0.29) is 0 Å². The molecule has 0 unspecified atom stereocenters. The second-order valence-corrected chi connectivity index (χ2v) is 3.96. The van der Waals surface area contributed by atoms with Crippen LogP contribution in [0, 0.1) is 0 Å². The van der Waals surface area contributed by atoms with Crippen molar-refractivity contribution in [3.63, 3.8) is 0 Å². The number of benzene rings is 1. The molecule has 0 aliphatic carbocycles. The lowest BCUT2D eigenvalue weighted by atomic mass is 10.1. The number of aromatic nitrogens is 1. The number of hydrogen-bond acceptors (Lipinski definition) is 1. The van der Waals surface area contributed by atoms with E-state index in [0.717, 1.165) is 6.54 Å². The van der Waals surface area contributed by atoms with Crippen molar-refractivity contribution in [2.24, 2.45) is 0 Å². The van der Waals surface area contributed by atoms with Crippen molar-refractivity contribution in [1.82, 2.24) is 10.3 Å². The van der Waals surface area contributed by atoms with Crippen LogP contribution in [0.25, 0.3) is 10.9 Å². The van der Waals surface area contributed by atoms with Gasteiger partial charge in [0.15, 0.2) is 0 Å². The molecule has 0 saturated carbocycles. The predicted octanol–water partition coefficient (Wildman–Crippen LogP) is 2.59. The second-order valence-electron chi connectivity index (χ2n) is 3.96. The molecule has 1 aliphatic heterocycles. The fraction of sp³-hybridized carbons (Fsp3) is 0.333. The molecule has 1 aromatic carbocycles. The van der Waals surface area contributed by atoms with Crippen molar-refractivity contribution in [2.75, 3.05) is 6.54 Å². The number of para-hydroxylation sites is 1. The fourth-order valence-corrected chi connectivity index (χ4v) is 2.23. The molecule has 1 aliphatic rings. The van der Waals surface area contributed by atoms with Gasteiger partial charge in [-0.05, 0) is 36.9 Å². The molecule has 1 atom stereocenters. The fourth-order valence-electron chi connectivity index (χ4n) is 2.23. The summed E-state index contributed by atoms with van der Waals surface area (Å²) in [5.74, 6) is 0. The zero-order chi connectivity index (χ0) is 9.38. The van der Waals surface area contributed by atoms with Crippen LogP contribution in [0.15, 0.2) is 30.3 Å². The van der Waals surface area contributed by atoms with Gasteiger partial charge in [0.25, 0.3) is 0 Å². The number of aromatic amines is 1. The van der Waals surface area contributed by atoms with Crippen LogP contribution in [0.5, 0.6) is 0 Å². The Hall–Kier alpha value is -1.28. The summed E-state index contributed by atoms with van der Waals surface area (Å²) >= 11 is 0. The topological polar surface area (TPSA) is 27.8 Å². The van der Waals surface area contributed by atoms with Gasteiger partial charge in [-0.2, -0.15) is 0 Å². The van der Waals surface area contributed by atoms with Crippen molar-refractivity contribution in [3.05, 3.63) is 36.0 Å². The summed E-state index contributed by atoms with van der Waals surface area (Å²) in [6.45, 7) is 1.15. The highest BCUT2D eigenvalue weighted by atomic mass is 15.0. The number of H-pyrrole nitrogens is 1. The number of rotatable bonds is 1. The Morgan fingerprint density at radius 1 is 1.21 bits per heavy atom. The van der Waals surface area contributed by atoms with Crippen LogP contribution in [0.3, 0.4) is 0 Å². The van der Waals surface area contributed by atoms with Crippen LogP contribution in [0.1, 0.15) is 24.6 Å². The van der Waals surface area contributed by atoms with Gasteiger partial charge in [0.1, 0.15) is 0 Å². The molecule has 0 spiro atoms. The second kappa shape index (κ2) is 3.14. The van der Waals surface area contributed by atoms with Gasteiger partial charge in [-0.25, -0.2) is 0 Å². The van der Waals surface area contributed by atoms with E-state index in [9.17, 15) is 0 Å². The minimum absolute atomic E-state index is 0.544. The van der Waals surface area contributed by atoms with Crippen LogP contribution in [0.4, 0.5) is 0 Å². The van der Waals surface area contributed by atoms with Crippen LogP contribution in [0.2, 0.25) is 0 Å². The standard InChI is InChI=1S/C12H14N2/c1-2-5-10-9(4-1)8-12(14-10)11-6-3-7-13-11/h1-2,4-5,8,11,13-14H,3,6-7H2/t11-/m1/s1. The van der Waals surface area contributed by atoms with Crippen molar-refractivity contribution in [3.8, 4) is 0 Å². The average Bonchev–Trinajstić information content (AvgIpc) is 2.86. The third-order valence-electron chi connectivity index (χ3n) is 2.99. The van der Waals surface area contributed by atoms with Crippen molar-refractivity contribution < 1.29 is 0 Å². The highest BCUT2D eigenvalue weighted by Gasteiger charge is 2.17. The average molecular weight is 186 g/mol. The van der Waals surface area contributed by atoms with Crippen molar-refractivity contribution >= 4 is 10.9 Å². The minimum atomic E-state index is 0.544. The molecule has 0 radical (unpaired) electrons. The summed E-state index contributed by atoms with van der Waals surface area (Å²) < 4.78 is 0. The molecule has 2 heterocycles. The summed E-state index contributed by atoms with van der Waals surface area (Å²) in [5.41, 5.74) is 2.58. The van der Waals surface area contributed by atoms with E-state index in [4.69, 9.17) is 0 Å². The maximum absolute atomic E-state index is 3.50. The molecule has 14 heavy (non-hydrogen) atoms. The molecule has 1 fully saturated rings. The first kappa shape index (κ1) is 8.06. The first-order valence-corrected chi connectivity index (χ1v) is 5.24. The lowest BCUT2D eigenvalue weighted by molar-refractivity contribution is 0.633. The highest BCUT2D eigenvalue weighted by Crippen LogP contribution is 2.25. The third-order valence-corrected chi connectivity index (χ3v) is 2.99. The molecule has 72 valence electrons. The van der Waals surface area contributed by atoms with Gasteiger partial charge in [-0.1, -0.05) is 18.2 Å². The first-order chi connectivity index (χ1) is 6.93. The van der Waals surface area contributed by atoms with Gasteiger partial charge in [0, 0.05) is 17.3 Å². The van der Waals surface area contributed by atoms with E-state index in [1.807, 2.05) is 0 Å². The van der Waals surface area contributed by atoms with E-state index in [2.05, 4.69) is 40.6 Å². The van der Waals surface area contributed by atoms with Crippen LogP contribution in [-0.4, -0.2) is 11.5 Å². The quantitative estimate of drug-likeness (QED) is 0.704.